The van der Waals surface area contributed by atoms with Gasteiger partial charge in [-0.05, 0) is 30.3 Å². The molecule has 2 amide bonds. The van der Waals surface area contributed by atoms with E-state index in [1.165, 1.54) is 16.8 Å². The van der Waals surface area contributed by atoms with Crippen LogP contribution in [0.5, 0.6) is 5.75 Å². The van der Waals surface area contributed by atoms with E-state index in [9.17, 15) is 19.5 Å². The number of carbonyl (C=O) groups is 2. The van der Waals surface area contributed by atoms with E-state index >= 15 is 0 Å². The van der Waals surface area contributed by atoms with E-state index in [2.05, 4.69) is 16.0 Å². The monoisotopic (exact) mass is 414 g/mol. The Morgan fingerprint density at radius 3 is 2.16 bits per heavy atom. The zero-order valence-electron chi connectivity index (χ0n) is 16.5. The maximum Gasteiger partial charge on any atom is 0.274 e. The number of aromatic nitrogens is 2. The number of rotatable bonds is 3. The summed E-state index contributed by atoms with van der Waals surface area (Å²) >= 11 is 0. The molecule has 0 aliphatic carbocycles. The maximum absolute atomic E-state index is 12.4. The van der Waals surface area contributed by atoms with Crippen LogP contribution in [0.4, 0.5) is 0 Å². The highest BCUT2D eigenvalue weighted by molar-refractivity contribution is 6.01. The average molecular weight is 414 g/mol. The van der Waals surface area contributed by atoms with Crippen molar-refractivity contribution in [1.82, 2.24) is 20.6 Å². The van der Waals surface area contributed by atoms with Gasteiger partial charge in [0.25, 0.3) is 17.4 Å². The summed E-state index contributed by atoms with van der Waals surface area (Å²) in [6.45, 7) is 0. The van der Waals surface area contributed by atoms with Crippen molar-refractivity contribution in [2.75, 3.05) is 0 Å². The minimum atomic E-state index is -0.635. The number of aryl methyl sites for hydroxylation is 1. The second kappa shape index (κ2) is 8.11. The molecule has 3 N–H and O–H groups in total. The summed E-state index contributed by atoms with van der Waals surface area (Å²) in [5, 5.41) is 15.4. The van der Waals surface area contributed by atoms with Crippen LogP contribution in [0.25, 0.3) is 22.0 Å². The summed E-state index contributed by atoms with van der Waals surface area (Å²) in [6.07, 6.45) is 0. The van der Waals surface area contributed by atoms with Crippen LogP contribution in [0.1, 0.15) is 20.7 Å². The molecular formula is C23H18N4O4. The molecule has 0 unspecified atom stereocenters. The van der Waals surface area contributed by atoms with Crippen molar-refractivity contribution in [1.29, 1.82) is 0 Å². The van der Waals surface area contributed by atoms with Gasteiger partial charge in [0.1, 0.15) is 5.75 Å². The van der Waals surface area contributed by atoms with Gasteiger partial charge in [-0.2, -0.15) is 5.10 Å². The largest absolute Gasteiger partial charge is 0.507 e. The molecule has 0 aliphatic heterocycles. The van der Waals surface area contributed by atoms with Crippen LogP contribution in [0.2, 0.25) is 0 Å². The third-order valence-electron chi connectivity index (χ3n) is 4.82. The van der Waals surface area contributed by atoms with Gasteiger partial charge in [-0.15, -0.1) is 0 Å². The average Bonchev–Trinajstić information content (AvgIpc) is 2.80. The van der Waals surface area contributed by atoms with Crippen molar-refractivity contribution >= 4 is 22.6 Å². The highest BCUT2D eigenvalue weighted by atomic mass is 16.3. The Hall–Kier alpha value is -4.46. The highest BCUT2D eigenvalue weighted by Gasteiger charge is 2.14. The van der Waals surface area contributed by atoms with E-state index in [-0.39, 0.29) is 16.9 Å². The van der Waals surface area contributed by atoms with Crippen molar-refractivity contribution in [2.45, 2.75) is 0 Å². The lowest BCUT2D eigenvalue weighted by Gasteiger charge is -2.10. The third kappa shape index (κ3) is 3.86. The van der Waals surface area contributed by atoms with Gasteiger partial charge >= 0.3 is 0 Å². The van der Waals surface area contributed by atoms with E-state index in [4.69, 9.17) is 0 Å². The van der Waals surface area contributed by atoms with Gasteiger partial charge in [-0.3, -0.25) is 25.2 Å². The number of amides is 2. The number of hydrogen-bond acceptors (Lipinski definition) is 5. The van der Waals surface area contributed by atoms with Crippen molar-refractivity contribution in [3.05, 3.63) is 94.3 Å². The third-order valence-corrected chi connectivity index (χ3v) is 4.82. The predicted molar refractivity (Wildman–Crippen MR) is 115 cm³/mol. The summed E-state index contributed by atoms with van der Waals surface area (Å²) in [6, 6.07) is 19.9. The molecule has 0 saturated carbocycles. The van der Waals surface area contributed by atoms with E-state index in [1.807, 2.05) is 12.1 Å². The fourth-order valence-corrected chi connectivity index (χ4v) is 3.21. The molecule has 0 radical (unpaired) electrons. The first-order chi connectivity index (χ1) is 15.0. The zero-order valence-corrected chi connectivity index (χ0v) is 16.5. The minimum Gasteiger partial charge on any atom is -0.507 e. The van der Waals surface area contributed by atoms with Gasteiger partial charge in [-0.25, -0.2) is 4.68 Å². The number of carbonyl (C=O) groups excluding carboxylic acids is 2. The van der Waals surface area contributed by atoms with Crippen LogP contribution in [0, 0.1) is 0 Å². The number of para-hydroxylation sites is 1. The second-order valence-electron chi connectivity index (χ2n) is 6.83. The molecule has 0 saturated heterocycles. The molecule has 0 fully saturated rings. The molecule has 8 heteroatoms. The van der Waals surface area contributed by atoms with Crippen molar-refractivity contribution in [2.24, 2.45) is 7.05 Å². The number of hydrazine groups is 1. The number of fused-ring (bicyclic) bond motifs is 1. The summed E-state index contributed by atoms with van der Waals surface area (Å²) < 4.78 is 1.28. The molecule has 0 aliphatic rings. The molecule has 1 heterocycles. The molecule has 1 aromatic heterocycles. The summed E-state index contributed by atoms with van der Waals surface area (Å²) in [4.78, 5) is 36.8. The summed E-state index contributed by atoms with van der Waals surface area (Å²) in [5.41, 5.74) is 6.13. The topological polar surface area (TPSA) is 113 Å². The number of aromatic hydroxyl groups is 1. The Bertz CT molecular complexity index is 1360. The molecule has 4 aromatic rings. The van der Waals surface area contributed by atoms with Gasteiger partial charge < -0.3 is 5.11 Å². The molecule has 0 bridgehead atoms. The summed E-state index contributed by atoms with van der Waals surface area (Å²) in [5.74, 6) is -1.34. The quantitative estimate of drug-likeness (QED) is 0.446. The zero-order chi connectivity index (χ0) is 22.0. The van der Waals surface area contributed by atoms with Crippen molar-refractivity contribution < 1.29 is 14.7 Å². The Balaban J connectivity index is 1.54. The van der Waals surface area contributed by atoms with Gasteiger partial charge in [-0.1, -0.05) is 42.5 Å². The Morgan fingerprint density at radius 2 is 1.45 bits per heavy atom. The lowest BCUT2D eigenvalue weighted by molar-refractivity contribution is 0.0845. The van der Waals surface area contributed by atoms with Crippen molar-refractivity contribution in [3.8, 4) is 17.0 Å². The standard InChI is InChI=1S/C23H18N4O4/c1-27-23(31)17-7-3-2-6-16(17)20(26-27)14-10-12-15(13-11-14)21(29)24-25-22(30)18-8-4-5-9-19(18)28/h2-13,28H,1H3,(H,24,29)(H,25,30). The Kier molecular flexibility index (Phi) is 5.19. The highest BCUT2D eigenvalue weighted by Crippen LogP contribution is 2.24. The lowest BCUT2D eigenvalue weighted by atomic mass is 10.0. The molecule has 31 heavy (non-hydrogen) atoms. The molecule has 4 rings (SSSR count). The van der Waals surface area contributed by atoms with Crippen molar-refractivity contribution in [3.63, 3.8) is 0 Å². The van der Waals surface area contributed by atoms with Gasteiger partial charge in [0.05, 0.1) is 16.6 Å². The van der Waals surface area contributed by atoms with E-state index < -0.39 is 11.8 Å². The fraction of sp³-hybridized carbons (Fsp3) is 0.0435. The number of phenolic OH excluding ortho intramolecular Hbond substituents is 1. The molecule has 8 nitrogen and oxygen atoms in total. The van der Waals surface area contributed by atoms with Gasteiger partial charge in [0.15, 0.2) is 0 Å². The summed E-state index contributed by atoms with van der Waals surface area (Å²) in [7, 11) is 1.59. The van der Waals surface area contributed by atoms with Crippen LogP contribution in [-0.2, 0) is 7.05 Å². The lowest BCUT2D eigenvalue weighted by Crippen LogP contribution is -2.41. The number of nitrogens with one attached hydrogen (secondary N) is 2. The van der Waals surface area contributed by atoms with Crippen LogP contribution in [-0.4, -0.2) is 26.7 Å². The molecular weight excluding hydrogens is 396 g/mol. The minimum absolute atomic E-state index is 0.0470. The molecule has 0 spiro atoms. The fourth-order valence-electron chi connectivity index (χ4n) is 3.21. The van der Waals surface area contributed by atoms with Crippen LogP contribution in [0.15, 0.2) is 77.6 Å². The molecule has 154 valence electrons. The van der Waals surface area contributed by atoms with E-state index in [0.29, 0.717) is 16.6 Å². The number of hydrogen-bond donors (Lipinski definition) is 3. The SMILES string of the molecule is Cn1nc(-c2ccc(C(=O)NNC(=O)c3ccccc3O)cc2)c2ccccc2c1=O. The van der Waals surface area contributed by atoms with Crippen LogP contribution >= 0.6 is 0 Å². The first kappa shape index (κ1) is 19.8. The predicted octanol–water partition coefficient (Wildman–Crippen LogP) is 2.38. The van der Waals surface area contributed by atoms with E-state index in [1.54, 1.807) is 55.6 Å². The maximum atomic E-state index is 12.4. The molecule has 3 aromatic carbocycles. The first-order valence-electron chi connectivity index (χ1n) is 9.41. The number of benzene rings is 3. The molecule has 0 atom stereocenters. The van der Waals surface area contributed by atoms with Gasteiger partial charge in [0, 0.05) is 23.6 Å². The number of nitrogens with zero attached hydrogens (tertiary/aromatic N) is 2. The number of phenols is 1. The van der Waals surface area contributed by atoms with Crippen LogP contribution < -0.4 is 16.4 Å². The smallest absolute Gasteiger partial charge is 0.274 e. The second-order valence-corrected chi connectivity index (χ2v) is 6.83. The van der Waals surface area contributed by atoms with Gasteiger partial charge in [0.2, 0.25) is 0 Å². The Labute approximate surface area is 176 Å². The van der Waals surface area contributed by atoms with Crippen LogP contribution in [0.3, 0.4) is 0 Å². The first-order valence-corrected chi connectivity index (χ1v) is 9.41. The van der Waals surface area contributed by atoms with E-state index in [0.717, 1.165) is 10.9 Å². The normalized spacial score (nSPS) is 10.6. The Morgan fingerprint density at radius 1 is 0.839 bits per heavy atom.